The van der Waals surface area contributed by atoms with Gasteiger partial charge in [0.05, 0.1) is 6.61 Å². The maximum Gasteiger partial charge on any atom is 0.407 e. The molecular weight excluding hydrogens is 208 g/mol. The summed E-state index contributed by atoms with van der Waals surface area (Å²) < 4.78 is 10.6. The van der Waals surface area contributed by atoms with Crippen molar-refractivity contribution >= 4 is 6.09 Å². The van der Waals surface area contributed by atoms with Gasteiger partial charge in [0.2, 0.25) is 0 Å². The largest absolute Gasteiger partial charge is 0.445 e. The number of ether oxygens (including phenoxy) is 2. The number of amides is 1. The molecule has 0 saturated carbocycles. The molecular formula is C11H20N2O3. The standard InChI is InChI=1S/C11H20N2O3/c1-12-10(14)16-9-6-11(8-15-2)4-3-5-13(11)7-9/h9H,3-8H2,1-2H3,(H,12,14)/t9-,11+/m1/s1. The van der Waals surface area contributed by atoms with Crippen molar-refractivity contribution in [2.24, 2.45) is 0 Å². The van der Waals surface area contributed by atoms with Crippen molar-refractivity contribution < 1.29 is 14.3 Å². The first kappa shape index (κ1) is 11.7. The van der Waals surface area contributed by atoms with Crippen LogP contribution in [0.2, 0.25) is 0 Å². The van der Waals surface area contributed by atoms with Crippen molar-refractivity contribution in [2.45, 2.75) is 30.9 Å². The van der Waals surface area contributed by atoms with Gasteiger partial charge in [-0.05, 0) is 19.4 Å². The van der Waals surface area contributed by atoms with Gasteiger partial charge < -0.3 is 14.8 Å². The zero-order chi connectivity index (χ0) is 11.6. The Labute approximate surface area is 96.1 Å². The molecule has 5 nitrogen and oxygen atoms in total. The topological polar surface area (TPSA) is 50.8 Å². The molecule has 92 valence electrons. The molecule has 2 aliphatic rings. The van der Waals surface area contributed by atoms with E-state index in [9.17, 15) is 4.79 Å². The Balaban J connectivity index is 1.96. The minimum absolute atomic E-state index is 0.00963. The van der Waals surface area contributed by atoms with Crippen LogP contribution in [0.15, 0.2) is 0 Å². The zero-order valence-electron chi connectivity index (χ0n) is 9.99. The van der Waals surface area contributed by atoms with Crippen molar-refractivity contribution in [1.29, 1.82) is 0 Å². The predicted molar refractivity (Wildman–Crippen MR) is 59.4 cm³/mol. The van der Waals surface area contributed by atoms with Crippen LogP contribution in [-0.4, -0.2) is 56.5 Å². The summed E-state index contributed by atoms with van der Waals surface area (Å²) in [5.41, 5.74) is 0.118. The minimum atomic E-state index is -0.334. The molecule has 2 aliphatic heterocycles. The third kappa shape index (κ3) is 2.01. The van der Waals surface area contributed by atoms with Crippen LogP contribution in [0.5, 0.6) is 0 Å². The summed E-state index contributed by atoms with van der Waals surface area (Å²) in [6, 6.07) is 0. The van der Waals surface area contributed by atoms with Gasteiger partial charge in [-0.25, -0.2) is 4.79 Å². The maximum absolute atomic E-state index is 11.2. The highest BCUT2D eigenvalue weighted by Crippen LogP contribution is 2.39. The fourth-order valence-electron chi connectivity index (χ4n) is 3.02. The van der Waals surface area contributed by atoms with E-state index in [-0.39, 0.29) is 17.7 Å². The summed E-state index contributed by atoms with van der Waals surface area (Å²) in [5.74, 6) is 0. The second-order valence-corrected chi connectivity index (χ2v) is 4.69. The van der Waals surface area contributed by atoms with E-state index < -0.39 is 0 Å². The highest BCUT2D eigenvalue weighted by Gasteiger charge is 2.49. The lowest BCUT2D eigenvalue weighted by Gasteiger charge is -2.30. The number of nitrogens with one attached hydrogen (secondary N) is 1. The van der Waals surface area contributed by atoms with Gasteiger partial charge >= 0.3 is 6.09 Å². The van der Waals surface area contributed by atoms with Gasteiger partial charge in [-0.2, -0.15) is 0 Å². The Kier molecular flexibility index (Phi) is 3.35. The first-order chi connectivity index (χ1) is 7.70. The van der Waals surface area contributed by atoms with Gasteiger partial charge in [-0.3, -0.25) is 4.90 Å². The van der Waals surface area contributed by atoms with Gasteiger partial charge in [-0.15, -0.1) is 0 Å². The number of carbonyl (C=O) groups excluding carboxylic acids is 1. The Morgan fingerprint density at radius 3 is 3.12 bits per heavy atom. The second kappa shape index (κ2) is 4.59. The van der Waals surface area contributed by atoms with Crippen LogP contribution in [0.4, 0.5) is 4.79 Å². The molecule has 0 radical (unpaired) electrons. The molecule has 0 spiro atoms. The van der Waals surface area contributed by atoms with Gasteiger partial charge in [-0.1, -0.05) is 0 Å². The highest BCUT2D eigenvalue weighted by molar-refractivity contribution is 5.66. The monoisotopic (exact) mass is 228 g/mol. The number of carbonyl (C=O) groups is 1. The van der Waals surface area contributed by atoms with Crippen molar-refractivity contribution in [3.8, 4) is 0 Å². The summed E-state index contributed by atoms with van der Waals surface area (Å²) in [5, 5.41) is 2.49. The third-order valence-electron chi connectivity index (χ3n) is 3.66. The second-order valence-electron chi connectivity index (χ2n) is 4.69. The number of methoxy groups -OCH3 is 1. The van der Waals surface area contributed by atoms with Crippen molar-refractivity contribution in [3.05, 3.63) is 0 Å². The van der Waals surface area contributed by atoms with E-state index in [1.54, 1.807) is 14.2 Å². The lowest BCUT2D eigenvalue weighted by atomic mass is 9.94. The smallest absolute Gasteiger partial charge is 0.407 e. The van der Waals surface area contributed by atoms with E-state index in [0.29, 0.717) is 0 Å². The van der Waals surface area contributed by atoms with Crippen LogP contribution < -0.4 is 5.32 Å². The molecule has 0 bridgehead atoms. The van der Waals surface area contributed by atoms with Crippen molar-refractivity contribution in [2.75, 3.05) is 33.9 Å². The highest BCUT2D eigenvalue weighted by atomic mass is 16.6. The summed E-state index contributed by atoms with van der Waals surface area (Å²) in [7, 11) is 3.32. The van der Waals surface area contributed by atoms with Gasteiger partial charge in [0, 0.05) is 32.7 Å². The Morgan fingerprint density at radius 1 is 1.62 bits per heavy atom. The fourth-order valence-corrected chi connectivity index (χ4v) is 3.02. The molecule has 2 saturated heterocycles. The predicted octanol–water partition coefficient (Wildman–Crippen LogP) is 0.596. The van der Waals surface area contributed by atoms with E-state index in [1.165, 1.54) is 6.42 Å². The number of nitrogens with zero attached hydrogens (tertiary/aromatic N) is 1. The number of alkyl carbamates (subject to hydrolysis) is 1. The molecule has 0 aromatic carbocycles. The maximum atomic E-state index is 11.2. The molecule has 2 atom stereocenters. The van der Waals surface area contributed by atoms with Crippen LogP contribution in [0.25, 0.3) is 0 Å². The van der Waals surface area contributed by atoms with Gasteiger partial charge in [0.1, 0.15) is 6.10 Å². The normalized spacial score (nSPS) is 33.8. The van der Waals surface area contributed by atoms with Crippen LogP contribution >= 0.6 is 0 Å². The average Bonchev–Trinajstić information content (AvgIpc) is 2.74. The molecule has 16 heavy (non-hydrogen) atoms. The van der Waals surface area contributed by atoms with E-state index >= 15 is 0 Å². The molecule has 0 aromatic rings. The molecule has 2 fully saturated rings. The summed E-state index contributed by atoms with van der Waals surface area (Å²) in [4.78, 5) is 13.6. The molecule has 0 aliphatic carbocycles. The molecule has 5 heteroatoms. The minimum Gasteiger partial charge on any atom is -0.445 e. The first-order valence-electron chi connectivity index (χ1n) is 5.82. The lowest BCUT2D eigenvalue weighted by Crippen LogP contribution is -2.42. The molecule has 1 amide bonds. The molecule has 0 unspecified atom stereocenters. The van der Waals surface area contributed by atoms with E-state index in [2.05, 4.69) is 10.2 Å². The van der Waals surface area contributed by atoms with Gasteiger partial charge in [0.25, 0.3) is 0 Å². The quantitative estimate of drug-likeness (QED) is 0.768. The van der Waals surface area contributed by atoms with E-state index in [0.717, 1.165) is 32.5 Å². The SMILES string of the molecule is CNC(=O)O[C@H]1CN2CCC[C@@]2(COC)C1. The zero-order valence-corrected chi connectivity index (χ0v) is 9.99. The number of hydrogen-bond donors (Lipinski definition) is 1. The van der Waals surface area contributed by atoms with Crippen LogP contribution in [-0.2, 0) is 9.47 Å². The molecule has 1 N–H and O–H groups in total. The number of fused-ring (bicyclic) bond motifs is 1. The van der Waals surface area contributed by atoms with Crippen LogP contribution in [0, 0.1) is 0 Å². The molecule has 2 rings (SSSR count). The van der Waals surface area contributed by atoms with Crippen molar-refractivity contribution in [1.82, 2.24) is 10.2 Å². The lowest BCUT2D eigenvalue weighted by molar-refractivity contribution is 0.0637. The average molecular weight is 228 g/mol. The fraction of sp³-hybridized carbons (Fsp3) is 0.909. The van der Waals surface area contributed by atoms with E-state index in [1.807, 2.05) is 0 Å². The van der Waals surface area contributed by atoms with Crippen LogP contribution in [0.3, 0.4) is 0 Å². The Morgan fingerprint density at radius 2 is 2.44 bits per heavy atom. The summed E-state index contributed by atoms with van der Waals surface area (Å²) in [6.45, 7) is 2.67. The number of rotatable bonds is 3. The Hall–Kier alpha value is -0.810. The van der Waals surface area contributed by atoms with E-state index in [4.69, 9.17) is 9.47 Å². The molecule has 0 aromatic heterocycles. The summed E-state index contributed by atoms with van der Waals surface area (Å²) in [6.07, 6.45) is 2.94. The first-order valence-corrected chi connectivity index (χ1v) is 5.82. The van der Waals surface area contributed by atoms with Gasteiger partial charge in [0.15, 0.2) is 0 Å². The van der Waals surface area contributed by atoms with Crippen LogP contribution in [0.1, 0.15) is 19.3 Å². The summed E-state index contributed by atoms with van der Waals surface area (Å²) >= 11 is 0. The number of hydrogen-bond acceptors (Lipinski definition) is 4. The third-order valence-corrected chi connectivity index (χ3v) is 3.66. The Bertz CT molecular complexity index is 272. The van der Waals surface area contributed by atoms with Crippen molar-refractivity contribution in [3.63, 3.8) is 0 Å². The molecule has 2 heterocycles.